The van der Waals surface area contributed by atoms with Crippen LogP contribution in [0.3, 0.4) is 0 Å². The van der Waals surface area contributed by atoms with Gasteiger partial charge in [-0.25, -0.2) is 0 Å². The molecule has 0 saturated heterocycles. The molecule has 28 heavy (non-hydrogen) atoms. The summed E-state index contributed by atoms with van der Waals surface area (Å²) in [5, 5.41) is 14.4. The Hall–Kier alpha value is -3.03. The molecule has 0 saturated carbocycles. The number of hydrogen-bond acceptors (Lipinski definition) is 5. The number of ether oxygens (including phenoxy) is 1. The van der Waals surface area contributed by atoms with Crippen LogP contribution in [0.4, 0.5) is 5.13 Å². The Kier molecular flexibility index (Phi) is 5.45. The predicted molar refractivity (Wildman–Crippen MR) is 110 cm³/mol. The van der Waals surface area contributed by atoms with Crippen LogP contribution in [0.15, 0.2) is 67.0 Å². The zero-order chi connectivity index (χ0) is 19.3. The normalized spacial score (nSPS) is 12.2. The minimum Gasteiger partial charge on any atom is -0.377 e. The molecule has 2 heterocycles. The van der Waals surface area contributed by atoms with Crippen LogP contribution in [0.1, 0.15) is 23.0 Å². The van der Waals surface area contributed by atoms with E-state index in [0.717, 1.165) is 21.3 Å². The molecule has 2 aromatic carbocycles. The number of nitrogens with zero attached hydrogens (tertiary/aromatic N) is 3. The molecule has 0 aliphatic heterocycles. The fourth-order valence-electron chi connectivity index (χ4n) is 3.30. The van der Waals surface area contributed by atoms with E-state index in [0.29, 0.717) is 18.2 Å². The topological polar surface area (TPSA) is 69.0 Å². The Bertz CT molecular complexity index is 1070. The van der Waals surface area contributed by atoms with Gasteiger partial charge in [-0.05, 0) is 28.5 Å². The average Bonchev–Trinajstić information content (AvgIpc) is 3.38. The first-order chi connectivity index (χ1) is 13.7. The highest BCUT2D eigenvalue weighted by atomic mass is 32.1. The average molecular weight is 392 g/mol. The van der Waals surface area contributed by atoms with Crippen molar-refractivity contribution in [3.8, 4) is 0 Å². The summed E-state index contributed by atoms with van der Waals surface area (Å²) in [6, 6.07) is 18.3. The van der Waals surface area contributed by atoms with Crippen molar-refractivity contribution in [3.63, 3.8) is 0 Å². The molecule has 2 aromatic heterocycles. The number of carbonyl (C=O) groups is 1. The number of aromatic nitrogens is 3. The van der Waals surface area contributed by atoms with Crippen LogP contribution < -0.4 is 5.32 Å². The zero-order valence-corrected chi connectivity index (χ0v) is 16.2. The molecule has 0 fully saturated rings. The van der Waals surface area contributed by atoms with E-state index in [1.165, 1.54) is 11.3 Å². The predicted octanol–water partition coefficient (Wildman–Crippen LogP) is 4.26. The Labute approximate surface area is 166 Å². The molecular formula is C21H20N4O2S. The van der Waals surface area contributed by atoms with E-state index in [-0.39, 0.29) is 11.9 Å². The lowest BCUT2D eigenvalue weighted by molar-refractivity contribution is -0.116. The van der Waals surface area contributed by atoms with Crippen molar-refractivity contribution in [2.75, 3.05) is 12.4 Å². The van der Waals surface area contributed by atoms with E-state index in [4.69, 9.17) is 4.74 Å². The number of fused-ring (bicyclic) bond motifs is 1. The van der Waals surface area contributed by atoms with E-state index in [9.17, 15) is 4.79 Å². The van der Waals surface area contributed by atoms with Crippen molar-refractivity contribution in [2.24, 2.45) is 0 Å². The number of hydrogen-bond donors (Lipinski definition) is 1. The summed E-state index contributed by atoms with van der Waals surface area (Å²) in [4.78, 5) is 12.8. The molecule has 6 nitrogen and oxygen atoms in total. The molecule has 0 bridgehead atoms. The number of benzene rings is 2. The summed E-state index contributed by atoms with van der Waals surface area (Å²) >= 11 is 1.32. The smallest absolute Gasteiger partial charge is 0.228 e. The summed E-state index contributed by atoms with van der Waals surface area (Å²) in [5.74, 6) is -0.105. The molecular weight excluding hydrogens is 372 g/mol. The van der Waals surface area contributed by atoms with Gasteiger partial charge in [0.05, 0.1) is 12.5 Å². The summed E-state index contributed by atoms with van der Waals surface area (Å²) in [5.41, 5.74) is 1.11. The SMILES string of the molecule is COCc1nnc(NC(=O)C[C@@H](c2cccc3ccccc23)n2cccc2)s1. The second-order valence-electron chi connectivity index (χ2n) is 6.40. The fraction of sp³-hybridized carbons (Fsp3) is 0.190. The van der Waals surface area contributed by atoms with Crippen LogP contribution in [0.5, 0.6) is 0 Å². The van der Waals surface area contributed by atoms with Gasteiger partial charge in [0.1, 0.15) is 11.6 Å². The van der Waals surface area contributed by atoms with Crippen molar-refractivity contribution >= 4 is 33.1 Å². The molecule has 142 valence electrons. The van der Waals surface area contributed by atoms with Gasteiger partial charge in [-0.2, -0.15) is 0 Å². The lowest BCUT2D eigenvalue weighted by atomic mass is 9.96. The molecule has 0 radical (unpaired) electrons. The number of nitrogens with one attached hydrogen (secondary N) is 1. The Morgan fingerprint density at radius 2 is 1.89 bits per heavy atom. The van der Waals surface area contributed by atoms with Crippen LogP contribution in [0, 0.1) is 0 Å². The van der Waals surface area contributed by atoms with Gasteiger partial charge in [-0.3, -0.25) is 4.79 Å². The molecule has 4 aromatic rings. The van der Waals surface area contributed by atoms with E-state index < -0.39 is 0 Å². The van der Waals surface area contributed by atoms with Gasteiger partial charge in [0.25, 0.3) is 0 Å². The van der Waals surface area contributed by atoms with Crippen molar-refractivity contribution < 1.29 is 9.53 Å². The molecule has 1 N–H and O–H groups in total. The van der Waals surface area contributed by atoms with Crippen molar-refractivity contribution in [3.05, 3.63) is 77.6 Å². The summed E-state index contributed by atoms with van der Waals surface area (Å²) in [6.07, 6.45) is 4.27. The number of amides is 1. The Morgan fingerprint density at radius 1 is 1.11 bits per heavy atom. The van der Waals surface area contributed by atoms with Gasteiger partial charge in [0, 0.05) is 19.5 Å². The van der Waals surface area contributed by atoms with Gasteiger partial charge in [-0.15, -0.1) is 10.2 Å². The maximum absolute atomic E-state index is 12.8. The van der Waals surface area contributed by atoms with Crippen LogP contribution in [0.25, 0.3) is 10.8 Å². The van der Waals surface area contributed by atoms with E-state index >= 15 is 0 Å². The molecule has 0 aliphatic carbocycles. The maximum Gasteiger partial charge on any atom is 0.228 e. The van der Waals surface area contributed by atoms with Crippen molar-refractivity contribution in [2.45, 2.75) is 19.1 Å². The van der Waals surface area contributed by atoms with Crippen LogP contribution in [-0.2, 0) is 16.1 Å². The number of methoxy groups -OCH3 is 1. The largest absolute Gasteiger partial charge is 0.377 e. The summed E-state index contributed by atoms with van der Waals surface area (Å²) < 4.78 is 7.12. The van der Waals surface area contributed by atoms with Gasteiger partial charge in [-0.1, -0.05) is 53.8 Å². The van der Waals surface area contributed by atoms with Crippen LogP contribution in [0.2, 0.25) is 0 Å². The lowest BCUT2D eigenvalue weighted by Gasteiger charge is -2.21. The molecule has 4 rings (SSSR count). The van der Waals surface area contributed by atoms with Crippen molar-refractivity contribution in [1.29, 1.82) is 0 Å². The third-order valence-electron chi connectivity index (χ3n) is 4.53. The lowest BCUT2D eigenvalue weighted by Crippen LogP contribution is -2.19. The van der Waals surface area contributed by atoms with Gasteiger partial charge >= 0.3 is 0 Å². The van der Waals surface area contributed by atoms with Gasteiger partial charge in [0.15, 0.2) is 0 Å². The highest BCUT2D eigenvalue weighted by Crippen LogP contribution is 2.30. The Balaban J connectivity index is 1.61. The highest BCUT2D eigenvalue weighted by Gasteiger charge is 2.20. The highest BCUT2D eigenvalue weighted by molar-refractivity contribution is 7.15. The quantitative estimate of drug-likeness (QED) is 0.510. The third-order valence-corrected chi connectivity index (χ3v) is 5.34. The second-order valence-corrected chi connectivity index (χ2v) is 7.46. The molecule has 7 heteroatoms. The molecule has 1 amide bonds. The second kappa shape index (κ2) is 8.33. The standard InChI is InChI=1S/C21H20N4O2S/c1-27-14-20-23-24-21(28-20)22-19(26)13-18(25-11-4-5-12-25)17-10-6-8-15-7-2-3-9-16(15)17/h2-12,18H,13-14H2,1H3,(H,22,24,26)/t18-/m0/s1. The van der Waals surface area contributed by atoms with Gasteiger partial charge < -0.3 is 14.6 Å². The first-order valence-electron chi connectivity index (χ1n) is 8.96. The number of anilines is 1. The maximum atomic E-state index is 12.8. The zero-order valence-electron chi connectivity index (χ0n) is 15.4. The van der Waals surface area contributed by atoms with Gasteiger partial charge in [0.2, 0.25) is 11.0 Å². The molecule has 1 atom stereocenters. The van der Waals surface area contributed by atoms with E-state index in [2.05, 4.69) is 44.3 Å². The summed E-state index contributed by atoms with van der Waals surface area (Å²) in [6.45, 7) is 0.384. The minimum atomic E-state index is -0.118. The summed E-state index contributed by atoms with van der Waals surface area (Å²) in [7, 11) is 1.60. The van der Waals surface area contributed by atoms with Crippen LogP contribution in [-0.4, -0.2) is 27.8 Å². The van der Waals surface area contributed by atoms with E-state index in [1.54, 1.807) is 7.11 Å². The number of rotatable bonds is 7. The third kappa shape index (κ3) is 3.95. The number of carbonyl (C=O) groups excluding carboxylic acids is 1. The molecule has 0 aliphatic rings. The fourth-order valence-corrected chi connectivity index (χ4v) is 4.03. The van der Waals surface area contributed by atoms with E-state index in [1.807, 2.05) is 42.7 Å². The van der Waals surface area contributed by atoms with Crippen molar-refractivity contribution in [1.82, 2.24) is 14.8 Å². The molecule has 0 spiro atoms. The first kappa shape index (κ1) is 18.3. The molecule has 0 unspecified atom stereocenters. The Morgan fingerprint density at radius 3 is 2.71 bits per heavy atom. The van der Waals surface area contributed by atoms with Crippen LogP contribution >= 0.6 is 11.3 Å². The monoisotopic (exact) mass is 392 g/mol. The first-order valence-corrected chi connectivity index (χ1v) is 9.77. The minimum absolute atomic E-state index is 0.105.